The molecule has 7 nitrogen and oxygen atoms in total. The van der Waals surface area contributed by atoms with E-state index in [2.05, 4.69) is 5.32 Å². The number of nitrogens with zero attached hydrogens (tertiary/aromatic N) is 2. The van der Waals surface area contributed by atoms with Gasteiger partial charge in [-0.05, 0) is 70.0 Å². The molecule has 0 fully saturated rings. The standard InChI is InChI=1S/C30H35Cl2N3O4S/c1-6-22(4)33-30(37)23(5)34(18-24-9-7-8-21(3)16-24)29(36)19-35(25-12-15-27(31)28(32)17-25)40(38,39)26-13-10-20(2)11-14-26/h7-17,22-23H,6,18-19H2,1-5H3,(H,33,37)/t22-,23-/m0/s1. The van der Waals surface area contributed by atoms with Gasteiger partial charge >= 0.3 is 0 Å². The normalized spacial score (nSPS) is 12.9. The van der Waals surface area contributed by atoms with Gasteiger partial charge in [-0.15, -0.1) is 0 Å². The van der Waals surface area contributed by atoms with Gasteiger partial charge in [-0.2, -0.15) is 0 Å². The quantitative estimate of drug-likeness (QED) is 0.285. The second-order valence-electron chi connectivity index (χ2n) is 9.93. The van der Waals surface area contributed by atoms with Crippen molar-refractivity contribution in [1.82, 2.24) is 10.2 Å². The van der Waals surface area contributed by atoms with Crippen LogP contribution in [0.3, 0.4) is 0 Å². The fourth-order valence-electron chi connectivity index (χ4n) is 4.06. The monoisotopic (exact) mass is 603 g/mol. The van der Waals surface area contributed by atoms with Crippen LogP contribution in [0.1, 0.15) is 43.9 Å². The van der Waals surface area contributed by atoms with E-state index in [1.54, 1.807) is 19.1 Å². The Bertz CT molecular complexity index is 1460. The molecule has 3 rings (SSSR count). The van der Waals surface area contributed by atoms with E-state index in [0.29, 0.717) is 0 Å². The van der Waals surface area contributed by atoms with Gasteiger partial charge in [0, 0.05) is 12.6 Å². The lowest BCUT2D eigenvalue weighted by Gasteiger charge is -2.32. The first-order valence-corrected chi connectivity index (χ1v) is 15.2. The molecule has 2 amide bonds. The van der Waals surface area contributed by atoms with Gasteiger partial charge in [0.2, 0.25) is 11.8 Å². The summed E-state index contributed by atoms with van der Waals surface area (Å²) >= 11 is 12.4. The molecule has 0 spiro atoms. The summed E-state index contributed by atoms with van der Waals surface area (Å²) in [5.41, 5.74) is 2.89. The van der Waals surface area contributed by atoms with Crippen molar-refractivity contribution < 1.29 is 18.0 Å². The smallest absolute Gasteiger partial charge is 0.264 e. The molecule has 1 N–H and O–H groups in total. The van der Waals surface area contributed by atoms with E-state index in [-0.39, 0.29) is 39.1 Å². The van der Waals surface area contributed by atoms with Crippen molar-refractivity contribution in [2.24, 2.45) is 0 Å². The number of aryl methyl sites for hydroxylation is 2. The van der Waals surface area contributed by atoms with Gasteiger partial charge in [0.25, 0.3) is 10.0 Å². The van der Waals surface area contributed by atoms with E-state index in [1.807, 2.05) is 52.0 Å². The minimum atomic E-state index is -4.19. The molecule has 0 radical (unpaired) electrons. The topological polar surface area (TPSA) is 86.8 Å². The number of benzene rings is 3. The van der Waals surface area contributed by atoms with E-state index in [0.717, 1.165) is 27.4 Å². The van der Waals surface area contributed by atoms with E-state index < -0.39 is 28.5 Å². The fourth-order valence-corrected chi connectivity index (χ4v) is 5.76. The van der Waals surface area contributed by atoms with Crippen molar-refractivity contribution in [3.05, 3.63) is 93.5 Å². The molecule has 0 aromatic heterocycles. The predicted octanol–water partition coefficient (Wildman–Crippen LogP) is 6.14. The lowest BCUT2D eigenvalue weighted by molar-refractivity contribution is -0.139. The van der Waals surface area contributed by atoms with E-state index in [1.165, 1.54) is 35.2 Å². The highest BCUT2D eigenvalue weighted by Crippen LogP contribution is 2.31. The third-order valence-electron chi connectivity index (χ3n) is 6.68. The average Bonchev–Trinajstić information content (AvgIpc) is 2.91. The third kappa shape index (κ3) is 7.77. The summed E-state index contributed by atoms with van der Waals surface area (Å²) in [6, 6.07) is 17.4. The minimum Gasteiger partial charge on any atom is -0.352 e. The molecule has 3 aromatic carbocycles. The van der Waals surface area contributed by atoms with Gasteiger partial charge in [0.15, 0.2) is 0 Å². The van der Waals surface area contributed by atoms with Crippen LogP contribution in [0.25, 0.3) is 0 Å². The van der Waals surface area contributed by atoms with Gasteiger partial charge < -0.3 is 10.2 Å². The van der Waals surface area contributed by atoms with E-state index in [4.69, 9.17) is 23.2 Å². The molecular weight excluding hydrogens is 569 g/mol. The minimum absolute atomic E-state index is 0.0183. The predicted molar refractivity (Wildman–Crippen MR) is 161 cm³/mol. The van der Waals surface area contributed by atoms with Crippen molar-refractivity contribution in [2.75, 3.05) is 10.8 Å². The highest BCUT2D eigenvalue weighted by Gasteiger charge is 2.33. The molecule has 0 aliphatic carbocycles. The van der Waals surface area contributed by atoms with Crippen molar-refractivity contribution >= 4 is 50.7 Å². The Kier molecular flexibility index (Phi) is 10.6. The lowest BCUT2D eigenvalue weighted by atomic mass is 10.1. The number of carbonyl (C=O) groups is 2. The number of carbonyl (C=O) groups excluding carboxylic acids is 2. The summed E-state index contributed by atoms with van der Waals surface area (Å²) in [5.74, 6) is -0.868. The zero-order valence-corrected chi connectivity index (χ0v) is 25.6. The van der Waals surface area contributed by atoms with Gasteiger partial charge in [-0.3, -0.25) is 13.9 Å². The summed E-state index contributed by atoms with van der Waals surface area (Å²) in [4.78, 5) is 28.5. The Hall–Kier alpha value is -3.07. The van der Waals surface area contributed by atoms with Crippen LogP contribution in [0.4, 0.5) is 5.69 Å². The molecule has 0 saturated heterocycles. The maximum atomic E-state index is 14.0. The third-order valence-corrected chi connectivity index (χ3v) is 9.21. The molecule has 0 bridgehead atoms. The van der Waals surface area contributed by atoms with Crippen molar-refractivity contribution in [3.8, 4) is 0 Å². The van der Waals surface area contributed by atoms with Crippen LogP contribution >= 0.6 is 23.2 Å². The number of halogens is 2. The number of anilines is 1. The van der Waals surface area contributed by atoms with Gasteiger partial charge in [0.1, 0.15) is 12.6 Å². The molecule has 40 heavy (non-hydrogen) atoms. The zero-order valence-electron chi connectivity index (χ0n) is 23.3. The summed E-state index contributed by atoms with van der Waals surface area (Å²) in [6.07, 6.45) is 0.726. The van der Waals surface area contributed by atoms with Crippen LogP contribution in [-0.2, 0) is 26.2 Å². The van der Waals surface area contributed by atoms with Gasteiger partial charge in [-0.25, -0.2) is 8.42 Å². The first kappa shape index (κ1) is 31.5. The molecule has 0 heterocycles. The van der Waals surface area contributed by atoms with Crippen LogP contribution in [-0.4, -0.2) is 43.8 Å². The summed E-state index contributed by atoms with van der Waals surface area (Å²) in [6.45, 7) is 8.84. The van der Waals surface area contributed by atoms with Crippen molar-refractivity contribution in [1.29, 1.82) is 0 Å². The second-order valence-corrected chi connectivity index (χ2v) is 12.6. The zero-order chi connectivity index (χ0) is 29.6. The number of amides is 2. The van der Waals surface area contributed by atoms with E-state index in [9.17, 15) is 18.0 Å². The maximum Gasteiger partial charge on any atom is 0.264 e. The lowest BCUT2D eigenvalue weighted by Crippen LogP contribution is -2.52. The number of rotatable bonds is 11. The molecule has 0 aliphatic rings. The number of nitrogens with one attached hydrogen (secondary N) is 1. The average molecular weight is 605 g/mol. The van der Waals surface area contributed by atoms with Crippen molar-refractivity contribution in [3.63, 3.8) is 0 Å². The fraction of sp³-hybridized carbons (Fsp3) is 0.333. The summed E-state index contributed by atoms with van der Waals surface area (Å²) in [7, 11) is -4.19. The van der Waals surface area contributed by atoms with Crippen LogP contribution in [0.15, 0.2) is 71.6 Å². The first-order valence-electron chi connectivity index (χ1n) is 13.0. The molecule has 0 saturated carbocycles. The van der Waals surface area contributed by atoms with Crippen molar-refractivity contribution in [2.45, 2.75) is 64.6 Å². The van der Waals surface area contributed by atoms with Gasteiger partial charge in [0.05, 0.1) is 20.6 Å². The van der Waals surface area contributed by atoms with Crippen LogP contribution < -0.4 is 9.62 Å². The van der Waals surface area contributed by atoms with Gasteiger partial charge in [-0.1, -0.05) is 77.7 Å². The molecular formula is C30H35Cl2N3O4S. The number of hydrogen-bond donors (Lipinski definition) is 1. The summed E-state index contributed by atoms with van der Waals surface area (Å²) in [5, 5.41) is 3.32. The first-order chi connectivity index (χ1) is 18.8. The Morgan fingerprint density at radius 3 is 2.17 bits per heavy atom. The molecule has 10 heteroatoms. The van der Waals surface area contributed by atoms with Crippen LogP contribution in [0.2, 0.25) is 10.0 Å². The molecule has 0 aliphatic heterocycles. The Morgan fingerprint density at radius 2 is 1.57 bits per heavy atom. The largest absolute Gasteiger partial charge is 0.352 e. The molecule has 3 aromatic rings. The Labute approximate surface area is 247 Å². The molecule has 2 atom stereocenters. The maximum absolute atomic E-state index is 14.0. The molecule has 0 unspecified atom stereocenters. The second kappa shape index (κ2) is 13.5. The Morgan fingerprint density at radius 1 is 0.900 bits per heavy atom. The van der Waals surface area contributed by atoms with Crippen LogP contribution in [0, 0.1) is 13.8 Å². The SMILES string of the molecule is CC[C@H](C)NC(=O)[C@H](C)N(Cc1cccc(C)c1)C(=O)CN(c1ccc(Cl)c(Cl)c1)S(=O)(=O)c1ccc(C)cc1. The number of sulfonamides is 1. The molecule has 214 valence electrons. The van der Waals surface area contributed by atoms with E-state index >= 15 is 0 Å². The number of hydrogen-bond acceptors (Lipinski definition) is 4. The highest BCUT2D eigenvalue weighted by molar-refractivity contribution is 7.92. The van der Waals surface area contributed by atoms with Crippen LogP contribution in [0.5, 0.6) is 0 Å². The Balaban J connectivity index is 2.05. The summed E-state index contributed by atoms with van der Waals surface area (Å²) < 4.78 is 28.8. The highest BCUT2D eigenvalue weighted by atomic mass is 35.5.